The molecular formula is C7H11O6-. The van der Waals surface area contributed by atoms with Crippen LogP contribution < -0.4 is 5.11 Å². The van der Waals surface area contributed by atoms with E-state index in [0.717, 1.165) is 0 Å². The van der Waals surface area contributed by atoms with E-state index in [1.165, 1.54) is 7.11 Å². The molecule has 4 unspecified atom stereocenters. The summed E-state index contributed by atoms with van der Waals surface area (Å²) in [4.78, 5) is 10.5. The number of carboxylic acids is 1. The third kappa shape index (κ3) is 1.97. The molecule has 4 atom stereocenters. The second-order valence-corrected chi connectivity index (χ2v) is 2.83. The number of aliphatic hydroxyl groups excluding tert-OH is 2. The maximum absolute atomic E-state index is 10.5. The molecule has 1 aliphatic heterocycles. The van der Waals surface area contributed by atoms with Gasteiger partial charge in [-0.2, -0.15) is 0 Å². The van der Waals surface area contributed by atoms with Crippen LogP contribution in [0.3, 0.4) is 0 Å². The quantitative estimate of drug-likeness (QED) is 0.479. The highest BCUT2D eigenvalue weighted by Gasteiger charge is 2.39. The van der Waals surface area contributed by atoms with Crippen molar-refractivity contribution >= 4 is 5.97 Å². The lowest BCUT2D eigenvalue weighted by Gasteiger charge is -2.37. The molecule has 1 fully saturated rings. The molecule has 0 amide bonds. The van der Waals surface area contributed by atoms with Gasteiger partial charge in [-0.05, 0) is 0 Å². The molecular weight excluding hydrogens is 180 g/mol. The Hall–Kier alpha value is -0.690. The number of hydrogen-bond donors (Lipinski definition) is 2. The maximum Gasteiger partial charge on any atom is 0.126 e. The van der Waals surface area contributed by atoms with Gasteiger partial charge >= 0.3 is 0 Å². The lowest BCUT2D eigenvalue weighted by atomic mass is 10.00. The van der Waals surface area contributed by atoms with Crippen LogP contribution in [0.15, 0.2) is 0 Å². The van der Waals surface area contributed by atoms with Gasteiger partial charge in [-0.25, -0.2) is 0 Å². The first-order chi connectivity index (χ1) is 6.07. The Morgan fingerprint density at radius 2 is 2.23 bits per heavy atom. The van der Waals surface area contributed by atoms with E-state index in [9.17, 15) is 15.0 Å². The molecule has 1 aliphatic rings. The van der Waals surface area contributed by atoms with Crippen molar-refractivity contribution in [2.24, 2.45) is 0 Å². The van der Waals surface area contributed by atoms with Crippen LogP contribution in [0.4, 0.5) is 0 Å². The van der Waals surface area contributed by atoms with Crippen LogP contribution in [0.1, 0.15) is 0 Å². The van der Waals surface area contributed by atoms with Crippen molar-refractivity contribution in [1.82, 2.24) is 0 Å². The van der Waals surface area contributed by atoms with Crippen LogP contribution in [0.25, 0.3) is 0 Å². The predicted octanol–water partition coefficient (Wildman–Crippen LogP) is -3.13. The van der Waals surface area contributed by atoms with E-state index >= 15 is 0 Å². The summed E-state index contributed by atoms with van der Waals surface area (Å²) in [6.45, 7) is -0.236. The molecule has 13 heavy (non-hydrogen) atoms. The summed E-state index contributed by atoms with van der Waals surface area (Å²) in [6, 6.07) is 0. The van der Waals surface area contributed by atoms with Crippen molar-refractivity contribution in [2.75, 3.05) is 13.7 Å². The third-order valence-corrected chi connectivity index (χ3v) is 1.98. The number of aliphatic hydroxyl groups is 2. The van der Waals surface area contributed by atoms with Gasteiger partial charge in [-0.15, -0.1) is 0 Å². The monoisotopic (exact) mass is 191 g/mol. The van der Waals surface area contributed by atoms with Crippen LogP contribution in [0.5, 0.6) is 0 Å². The highest BCUT2D eigenvalue weighted by Crippen LogP contribution is 2.17. The SMILES string of the molecule is COC1C(C(=O)[O-])OCC(O)C1O. The van der Waals surface area contributed by atoms with Gasteiger partial charge in [0.2, 0.25) is 0 Å². The molecule has 6 heteroatoms. The fourth-order valence-electron chi connectivity index (χ4n) is 1.26. The molecule has 1 saturated heterocycles. The summed E-state index contributed by atoms with van der Waals surface area (Å²) in [7, 11) is 1.23. The number of carbonyl (C=O) groups is 1. The first-order valence-electron chi connectivity index (χ1n) is 3.79. The maximum atomic E-state index is 10.5. The van der Waals surface area contributed by atoms with E-state index in [0.29, 0.717) is 0 Å². The Bertz CT molecular complexity index is 193. The molecule has 6 nitrogen and oxygen atoms in total. The van der Waals surface area contributed by atoms with Gasteiger partial charge in [-0.3, -0.25) is 0 Å². The summed E-state index contributed by atoms with van der Waals surface area (Å²) >= 11 is 0. The van der Waals surface area contributed by atoms with E-state index in [1.807, 2.05) is 0 Å². The normalized spacial score (nSPS) is 40.2. The average Bonchev–Trinajstić information content (AvgIpc) is 2.09. The summed E-state index contributed by atoms with van der Waals surface area (Å²) in [5, 5.41) is 28.9. The number of methoxy groups -OCH3 is 1. The van der Waals surface area contributed by atoms with Crippen molar-refractivity contribution < 1.29 is 29.6 Å². The van der Waals surface area contributed by atoms with Crippen molar-refractivity contribution in [1.29, 1.82) is 0 Å². The number of ether oxygens (including phenoxy) is 2. The van der Waals surface area contributed by atoms with Gasteiger partial charge in [0.25, 0.3) is 0 Å². The molecule has 0 radical (unpaired) electrons. The molecule has 0 bridgehead atoms. The molecule has 0 aliphatic carbocycles. The van der Waals surface area contributed by atoms with E-state index in [4.69, 9.17) is 14.6 Å². The van der Waals surface area contributed by atoms with Crippen LogP contribution in [0.2, 0.25) is 0 Å². The number of carbonyl (C=O) groups excluding carboxylic acids is 1. The molecule has 1 rings (SSSR count). The molecule has 1 heterocycles. The van der Waals surface area contributed by atoms with Crippen molar-refractivity contribution in [2.45, 2.75) is 24.4 Å². The fourth-order valence-corrected chi connectivity index (χ4v) is 1.26. The number of aliphatic carboxylic acids is 1. The summed E-state index contributed by atoms with van der Waals surface area (Å²) < 4.78 is 9.42. The van der Waals surface area contributed by atoms with Gasteiger partial charge < -0.3 is 29.6 Å². The lowest BCUT2D eigenvalue weighted by molar-refractivity contribution is -0.328. The molecule has 0 spiro atoms. The molecule has 76 valence electrons. The largest absolute Gasteiger partial charge is 0.547 e. The highest BCUT2D eigenvalue weighted by molar-refractivity contribution is 5.71. The minimum atomic E-state index is -1.46. The van der Waals surface area contributed by atoms with Gasteiger partial charge in [0, 0.05) is 7.11 Å². The van der Waals surface area contributed by atoms with Crippen LogP contribution in [0, 0.1) is 0 Å². The standard InChI is InChI=1S/C7H12O6/c1-12-5-4(9)3(8)2-13-6(5)7(10)11/h3-6,8-9H,2H2,1H3,(H,10,11)/p-1. The fraction of sp³-hybridized carbons (Fsp3) is 0.857. The van der Waals surface area contributed by atoms with Crippen LogP contribution in [-0.4, -0.2) is 54.3 Å². The predicted molar refractivity (Wildman–Crippen MR) is 37.6 cm³/mol. The summed E-state index contributed by atoms with van der Waals surface area (Å²) in [6.07, 6.45) is -4.81. The molecule has 0 aromatic carbocycles. The summed E-state index contributed by atoms with van der Waals surface area (Å²) in [5.74, 6) is -1.46. The average molecular weight is 191 g/mol. The van der Waals surface area contributed by atoms with Crippen molar-refractivity contribution in [3.05, 3.63) is 0 Å². The van der Waals surface area contributed by atoms with E-state index in [2.05, 4.69) is 0 Å². The van der Waals surface area contributed by atoms with Crippen LogP contribution >= 0.6 is 0 Å². The van der Waals surface area contributed by atoms with Crippen molar-refractivity contribution in [3.63, 3.8) is 0 Å². The second kappa shape index (κ2) is 4.01. The first kappa shape index (κ1) is 10.4. The number of hydrogen-bond acceptors (Lipinski definition) is 6. The second-order valence-electron chi connectivity index (χ2n) is 2.83. The smallest absolute Gasteiger partial charge is 0.126 e. The zero-order valence-electron chi connectivity index (χ0n) is 7.04. The summed E-state index contributed by atoms with van der Waals surface area (Å²) in [5.41, 5.74) is 0. The number of rotatable bonds is 2. The van der Waals surface area contributed by atoms with Crippen molar-refractivity contribution in [3.8, 4) is 0 Å². The zero-order valence-corrected chi connectivity index (χ0v) is 7.04. The first-order valence-corrected chi connectivity index (χ1v) is 3.79. The van der Waals surface area contributed by atoms with Crippen LogP contribution in [-0.2, 0) is 14.3 Å². The van der Waals surface area contributed by atoms with Gasteiger partial charge in [0.1, 0.15) is 24.4 Å². The topological polar surface area (TPSA) is 99.1 Å². The Kier molecular flexibility index (Phi) is 3.21. The number of carboxylic acid groups (broad SMARTS) is 1. The Morgan fingerprint density at radius 1 is 1.62 bits per heavy atom. The lowest BCUT2D eigenvalue weighted by Crippen LogP contribution is -2.59. The zero-order chi connectivity index (χ0) is 10.0. The minimum Gasteiger partial charge on any atom is -0.547 e. The highest BCUT2D eigenvalue weighted by atomic mass is 16.6. The molecule has 0 saturated carbocycles. The Balaban J connectivity index is 2.71. The van der Waals surface area contributed by atoms with Gasteiger partial charge in [0.15, 0.2) is 0 Å². The molecule has 0 aromatic heterocycles. The minimum absolute atomic E-state index is 0.236. The molecule has 0 aromatic rings. The van der Waals surface area contributed by atoms with E-state index < -0.39 is 30.4 Å². The Morgan fingerprint density at radius 3 is 2.69 bits per heavy atom. The van der Waals surface area contributed by atoms with Gasteiger partial charge in [0.05, 0.1) is 12.6 Å². The Labute approximate surface area is 74.7 Å². The third-order valence-electron chi connectivity index (χ3n) is 1.98. The van der Waals surface area contributed by atoms with Gasteiger partial charge in [-0.1, -0.05) is 0 Å². The van der Waals surface area contributed by atoms with E-state index in [-0.39, 0.29) is 6.61 Å². The van der Waals surface area contributed by atoms with E-state index in [1.54, 1.807) is 0 Å². The molecule has 2 N–H and O–H groups in total.